The number of esters is 1. The highest BCUT2D eigenvalue weighted by Crippen LogP contribution is 2.11. The Hall–Kier alpha value is -1.51. The zero-order chi connectivity index (χ0) is 10.6. The summed E-state index contributed by atoms with van der Waals surface area (Å²) in [5.74, 6) is 1.20. The van der Waals surface area contributed by atoms with Crippen molar-refractivity contribution >= 4 is 12.0 Å². The highest BCUT2D eigenvalue weighted by Gasteiger charge is 2.05. The number of furan rings is 1. The molecule has 0 fully saturated rings. The molecule has 0 aliphatic rings. The Morgan fingerprint density at radius 3 is 2.79 bits per heavy atom. The van der Waals surface area contributed by atoms with Gasteiger partial charge in [0, 0.05) is 5.57 Å². The van der Waals surface area contributed by atoms with Crippen molar-refractivity contribution in [2.75, 3.05) is 6.61 Å². The van der Waals surface area contributed by atoms with Crippen LogP contribution in [0.5, 0.6) is 0 Å². The van der Waals surface area contributed by atoms with Gasteiger partial charge in [-0.3, -0.25) is 0 Å². The normalized spacial score (nSPS) is 11.5. The Morgan fingerprint density at radius 1 is 1.57 bits per heavy atom. The summed E-state index contributed by atoms with van der Waals surface area (Å²) in [5.41, 5.74) is 0.543. The van der Waals surface area contributed by atoms with E-state index in [0.717, 1.165) is 5.76 Å². The van der Waals surface area contributed by atoms with Crippen molar-refractivity contribution in [2.45, 2.75) is 20.8 Å². The topological polar surface area (TPSA) is 39.4 Å². The lowest BCUT2D eigenvalue weighted by molar-refractivity contribution is -0.138. The summed E-state index contributed by atoms with van der Waals surface area (Å²) in [6.07, 6.45) is 1.67. The Labute approximate surface area is 83.4 Å². The molecule has 0 aliphatic carbocycles. The summed E-state index contributed by atoms with van der Waals surface area (Å²) < 4.78 is 10.1. The van der Waals surface area contributed by atoms with E-state index in [0.29, 0.717) is 17.9 Å². The van der Waals surface area contributed by atoms with Crippen molar-refractivity contribution in [1.29, 1.82) is 0 Å². The molecule has 1 rings (SSSR count). The number of rotatable bonds is 3. The average molecular weight is 194 g/mol. The molecule has 3 heteroatoms. The summed E-state index contributed by atoms with van der Waals surface area (Å²) in [6.45, 7) is 5.73. The fourth-order valence-electron chi connectivity index (χ4n) is 1.05. The van der Waals surface area contributed by atoms with Crippen molar-refractivity contribution in [3.63, 3.8) is 0 Å². The number of carbonyl (C=O) groups excluding carboxylic acids is 1. The zero-order valence-electron chi connectivity index (χ0n) is 8.66. The van der Waals surface area contributed by atoms with Gasteiger partial charge < -0.3 is 9.15 Å². The van der Waals surface area contributed by atoms with Crippen LogP contribution in [0.3, 0.4) is 0 Å². The number of hydrogen-bond donors (Lipinski definition) is 0. The van der Waals surface area contributed by atoms with E-state index in [-0.39, 0.29) is 5.97 Å². The van der Waals surface area contributed by atoms with Gasteiger partial charge in [-0.25, -0.2) is 4.79 Å². The Kier molecular flexibility index (Phi) is 3.51. The summed E-state index contributed by atoms with van der Waals surface area (Å²) >= 11 is 0. The minimum atomic E-state index is -0.304. The summed E-state index contributed by atoms with van der Waals surface area (Å²) in [6, 6.07) is 3.67. The first-order valence-electron chi connectivity index (χ1n) is 4.55. The molecule has 1 heterocycles. The van der Waals surface area contributed by atoms with Crippen molar-refractivity contribution in [2.24, 2.45) is 0 Å². The molecule has 3 nitrogen and oxygen atoms in total. The molecular formula is C11H14O3. The molecule has 14 heavy (non-hydrogen) atoms. The van der Waals surface area contributed by atoms with Crippen LogP contribution in [0.1, 0.15) is 25.4 Å². The molecule has 0 bridgehead atoms. The summed E-state index contributed by atoms with van der Waals surface area (Å²) in [4.78, 5) is 11.2. The smallest absolute Gasteiger partial charge is 0.333 e. The molecule has 0 radical (unpaired) electrons. The van der Waals surface area contributed by atoms with Gasteiger partial charge in [0.15, 0.2) is 0 Å². The van der Waals surface area contributed by atoms with Crippen LogP contribution in [0, 0.1) is 6.92 Å². The van der Waals surface area contributed by atoms with Crippen molar-refractivity contribution in [3.05, 3.63) is 29.2 Å². The third-order valence-electron chi connectivity index (χ3n) is 1.72. The van der Waals surface area contributed by atoms with Gasteiger partial charge in [-0.05, 0) is 39.0 Å². The second-order valence-corrected chi connectivity index (χ2v) is 3.00. The van der Waals surface area contributed by atoms with Crippen LogP contribution >= 0.6 is 0 Å². The second kappa shape index (κ2) is 4.65. The van der Waals surface area contributed by atoms with Gasteiger partial charge in [-0.1, -0.05) is 0 Å². The number of hydrogen-bond acceptors (Lipinski definition) is 3. The van der Waals surface area contributed by atoms with Crippen molar-refractivity contribution in [3.8, 4) is 0 Å². The highest BCUT2D eigenvalue weighted by molar-refractivity contribution is 5.92. The molecule has 1 aromatic rings. The average Bonchev–Trinajstić information content (AvgIpc) is 2.51. The van der Waals surface area contributed by atoms with Gasteiger partial charge in [-0.15, -0.1) is 0 Å². The molecule has 1 aromatic heterocycles. The van der Waals surface area contributed by atoms with Crippen molar-refractivity contribution < 1.29 is 13.9 Å². The van der Waals surface area contributed by atoms with E-state index < -0.39 is 0 Å². The van der Waals surface area contributed by atoms with Crippen LogP contribution in [0.15, 0.2) is 22.1 Å². The van der Waals surface area contributed by atoms with Crippen LogP contribution in [-0.2, 0) is 9.53 Å². The molecule has 0 aliphatic heterocycles. The predicted octanol–water partition coefficient (Wildman–Crippen LogP) is 2.55. The minimum absolute atomic E-state index is 0.304. The third-order valence-corrected chi connectivity index (χ3v) is 1.72. The Morgan fingerprint density at radius 2 is 2.29 bits per heavy atom. The maximum Gasteiger partial charge on any atom is 0.333 e. The first-order valence-corrected chi connectivity index (χ1v) is 4.55. The SMILES string of the molecule is CCOC(=O)/C(C)=C/c1ccc(C)o1. The van der Waals surface area contributed by atoms with Crippen LogP contribution in [-0.4, -0.2) is 12.6 Å². The highest BCUT2D eigenvalue weighted by atomic mass is 16.5. The fraction of sp³-hybridized carbons (Fsp3) is 0.364. The monoisotopic (exact) mass is 194 g/mol. The van der Waals surface area contributed by atoms with Gasteiger partial charge in [0.25, 0.3) is 0 Å². The third kappa shape index (κ3) is 2.76. The van der Waals surface area contributed by atoms with Gasteiger partial charge in [-0.2, -0.15) is 0 Å². The lowest BCUT2D eigenvalue weighted by Gasteiger charge is -1.99. The van der Waals surface area contributed by atoms with Gasteiger partial charge in [0.1, 0.15) is 11.5 Å². The molecule has 0 saturated carbocycles. The van der Waals surface area contributed by atoms with E-state index in [1.807, 2.05) is 19.1 Å². The Bertz CT molecular complexity index is 347. The van der Waals surface area contributed by atoms with Crippen LogP contribution in [0.4, 0.5) is 0 Å². The largest absolute Gasteiger partial charge is 0.463 e. The fourth-order valence-corrected chi connectivity index (χ4v) is 1.05. The molecule has 0 aromatic carbocycles. The van der Waals surface area contributed by atoms with Gasteiger partial charge in [0.2, 0.25) is 0 Å². The molecular weight excluding hydrogens is 180 g/mol. The lowest BCUT2D eigenvalue weighted by Crippen LogP contribution is -2.04. The van der Waals surface area contributed by atoms with Crippen LogP contribution < -0.4 is 0 Å². The Balaban J connectivity index is 2.73. The standard InChI is InChI=1S/C11H14O3/c1-4-13-11(12)8(2)7-10-6-5-9(3)14-10/h5-7H,4H2,1-3H3/b8-7+. The van der Waals surface area contributed by atoms with Crippen LogP contribution in [0.2, 0.25) is 0 Å². The number of carbonyl (C=O) groups is 1. The predicted molar refractivity (Wildman–Crippen MR) is 53.7 cm³/mol. The second-order valence-electron chi connectivity index (χ2n) is 3.00. The van der Waals surface area contributed by atoms with E-state index in [1.165, 1.54) is 0 Å². The quantitative estimate of drug-likeness (QED) is 0.548. The molecule has 76 valence electrons. The van der Waals surface area contributed by atoms with E-state index in [1.54, 1.807) is 19.9 Å². The number of ether oxygens (including phenoxy) is 1. The number of aryl methyl sites for hydroxylation is 1. The first kappa shape index (κ1) is 10.6. The molecule has 0 unspecified atom stereocenters. The van der Waals surface area contributed by atoms with Gasteiger partial charge in [0.05, 0.1) is 6.61 Å². The summed E-state index contributed by atoms with van der Waals surface area (Å²) in [5, 5.41) is 0. The van der Waals surface area contributed by atoms with E-state index in [4.69, 9.17) is 9.15 Å². The van der Waals surface area contributed by atoms with Crippen molar-refractivity contribution in [1.82, 2.24) is 0 Å². The minimum Gasteiger partial charge on any atom is -0.463 e. The zero-order valence-corrected chi connectivity index (χ0v) is 8.66. The first-order chi connectivity index (χ1) is 6.63. The van der Waals surface area contributed by atoms with E-state index >= 15 is 0 Å². The summed E-state index contributed by atoms with van der Waals surface area (Å²) in [7, 11) is 0. The maximum absolute atomic E-state index is 11.2. The molecule has 0 atom stereocenters. The maximum atomic E-state index is 11.2. The van der Waals surface area contributed by atoms with E-state index in [2.05, 4.69) is 0 Å². The van der Waals surface area contributed by atoms with Crippen LogP contribution in [0.25, 0.3) is 6.08 Å². The lowest BCUT2D eigenvalue weighted by atomic mass is 10.2. The van der Waals surface area contributed by atoms with E-state index in [9.17, 15) is 4.79 Å². The molecule has 0 amide bonds. The molecule has 0 N–H and O–H groups in total. The van der Waals surface area contributed by atoms with Gasteiger partial charge >= 0.3 is 5.97 Å². The molecule has 0 spiro atoms. The molecule has 0 saturated heterocycles.